The average molecular weight is 234 g/mol. The van der Waals surface area contributed by atoms with Crippen molar-refractivity contribution < 1.29 is 4.92 Å². The van der Waals surface area contributed by atoms with Crippen LogP contribution in [0, 0.1) is 28.4 Å². The van der Waals surface area contributed by atoms with E-state index in [4.69, 9.17) is 5.26 Å². The molecule has 1 unspecified atom stereocenters. The monoisotopic (exact) mass is 234 g/mol. The number of aromatic nitrogens is 1. The molecule has 0 saturated carbocycles. The van der Waals surface area contributed by atoms with Crippen molar-refractivity contribution in [2.24, 2.45) is 0 Å². The molecule has 1 rings (SSSR count). The molecule has 0 saturated heterocycles. The number of aryl methyl sites for hydroxylation is 1. The smallest absolute Gasteiger partial charge is 0.290 e. The number of anilines is 1. The second kappa shape index (κ2) is 5.25. The van der Waals surface area contributed by atoms with Crippen LogP contribution in [-0.2, 0) is 0 Å². The summed E-state index contributed by atoms with van der Waals surface area (Å²) in [7, 11) is 1.82. The molecule has 0 aliphatic rings. The fourth-order valence-corrected chi connectivity index (χ4v) is 1.42. The summed E-state index contributed by atoms with van der Waals surface area (Å²) in [5, 5.41) is 19.3. The zero-order valence-electron chi connectivity index (χ0n) is 10.0. The highest BCUT2D eigenvalue weighted by molar-refractivity contribution is 5.46. The van der Waals surface area contributed by atoms with Crippen LogP contribution in [0.4, 0.5) is 11.5 Å². The minimum atomic E-state index is -0.454. The average Bonchev–Trinajstić information content (AvgIpc) is 2.27. The molecule has 1 heterocycles. The molecule has 0 N–H and O–H groups in total. The van der Waals surface area contributed by atoms with E-state index in [0.29, 0.717) is 17.9 Å². The fourth-order valence-electron chi connectivity index (χ4n) is 1.42. The first-order valence-electron chi connectivity index (χ1n) is 5.19. The van der Waals surface area contributed by atoms with Crippen LogP contribution in [0.25, 0.3) is 0 Å². The molecule has 6 heteroatoms. The zero-order chi connectivity index (χ0) is 13.0. The van der Waals surface area contributed by atoms with Gasteiger partial charge >= 0.3 is 0 Å². The zero-order valence-corrected chi connectivity index (χ0v) is 10.0. The van der Waals surface area contributed by atoms with Gasteiger partial charge in [-0.3, -0.25) is 10.1 Å². The summed E-state index contributed by atoms with van der Waals surface area (Å²) >= 11 is 0. The van der Waals surface area contributed by atoms with Crippen LogP contribution < -0.4 is 4.90 Å². The largest absolute Gasteiger partial charge is 0.356 e. The Bertz CT molecular complexity index is 467. The van der Waals surface area contributed by atoms with Crippen LogP contribution in [0.15, 0.2) is 12.1 Å². The van der Waals surface area contributed by atoms with Gasteiger partial charge in [0.05, 0.1) is 17.4 Å². The van der Waals surface area contributed by atoms with E-state index in [-0.39, 0.29) is 11.7 Å². The van der Waals surface area contributed by atoms with Gasteiger partial charge in [0.15, 0.2) is 0 Å². The standard InChI is InChI=1S/C11H14N4O2/c1-8(6-7-12)14(3)11-5-4-10(15(16)17)9(2)13-11/h4-5,8H,6H2,1-3H3. The molecule has 0 fully saturated rings. The summed E-state index contributed by atoms with van der Waals surface area (Å²) in [5.41, 5.74) is 0.388. The number of nitro groups is 1. The summed E-state index contributed by atoms with van der Waals surface area (Å²) in [5.74, 6) is 0.635. The topological polar surface area (TPSA) is 83.1 Å². The minimum absolute atomic E-state index is 0.00934. The van der Waals surface area contributed by atoms with Gasteiger partial charge in [-0.25, -0.2) is 4.98 Å². The van der Waals surface area contributed by atoms with E-state index in [1.807, 2.05) is 18.9 Å². The third-order valence-electron chi connectivity index (χ3n) is 2.65. The second-order valence-corrected chi connectivity index (χ2v) is 3.85. The van der Waals surface area contributed by atoms with Crippen LogP contribution in [0.1, 0.15) is 19.0 Å². The number of nitriles is 1. The number of hydrogen-bond acceptors (Lipinski definition) is 5. The number of nitrogens with zero attached hydrogens (tertiary/aromatic N) is 4. The molecule has 0 spiro atoms. The lowest BCUT2D eigenvalue weighted by molar-refractivity contribution is -0.385. The highest BCUT2D eigenvalue weighted by Gasteiger charge is 2.16. The predicted molar refractivity (Wildman–Crippen MR) is 63.7 cm³/mol. The summed E-state index contributed by atoms with van der Waals surface area (Å²) in [6, 6.07) is 5.14. The molecule has 0 aromatic carbocycles. The molecule has 17 heavy (non-hydrogen) atoms. The Balaban J connectivity index is 2.98. The first kappa shape index (κ1) is 12.9. The Morgan fingerprint density at radius 2 is 2.29 bits per heavy atom. The van der Waals surface area contributed by atoms with Gasteiger partial charge in [0.25, 0.3) is 5.69 Å². The van der Waals surface area contributed by atoms with E-state index < -0.39 is 4.92 Å². The van der Waals surface area contributed by atoms with Crippen molar-refractivity contribution in [1.82, 2.24) is 4.98 Å². The molecule has 1 aromatic heterocycles. The number of pyridine rings is 1. The van der Waals surface area contributed by atoms with E-state index in [2.05, 4.69) is 11.1 Å². The van der Waals surface area contributed by atoms with Gasteiger partial charge in [-0.2, -0.15) is 5.26 Å². The maximum Gasteiger partial charge on any atom is 0.290 e. The van der Waals surface area contributed by atoms with Gasteiger partial charge in [-0.05, 0) is 19.9 Å². The van der Waals surface area contributed by atoms with Crippen LogP contribution in [0.5, 0.6) is 0 Å². The van der Waals surface area contributed by atoms with Crippen LogP contribution in [0.2, 0.25) is 0 Å². The maximum atomic E-state index is 10.6. The van der Waals surface area contributed by atoms with Crippen molar-refractivity contribution in [2.45, 2.75) is 26.3 Å². The number of hydrogen-bond donors (Lipinski definition) is 0. The second-order valence-electron chi connectivity index (χ2n) is 3.85. The van der Waals surface area contributed by atoms with E-state index in [1.165, 1.54) is 6.07 Å². The summed E-state index contributed by atoms with van der Waals surface area (Å²) < 4.78 is 0. The third kappa shape index (κ3) is 2.91. The Labute approximate surface area is 99.6 Å². The van der Waals surface area contributed by atoms with Gasteiger partial charge in [0.2, 0.25) is 0 Å². The fraction of sp³-hybridized carbons (Fsp3) is 0.455. The van der Waals surface area contributed by atoms with Crippen LogP contribution >= 0.6 is 0 Å². The molecule has 0 aliphatic heterocycles. The summed E-state index contributed by atoms with van der Waals surface area (Å²) in [4.78, 5) is 16.2. The van der Waals surface area contributed by atoms with Crippen molar-refractivity contribution in [1.29, 1.82) is 5.26 Å². The molecular formula is C11H14N4O2. The van der Waals surface area contributed by atoms with Gasteiger partial charge in [-0.1, -0.05) is 0 Å². The summed E-state index contributed by atoms with van der Waals surface area (Å²) in [6.45, 7) is 3.51. The first-order valence-corrected chi connectivity index (χ1v) is 5.19. The Morgan fingerprint density at radius 3 is 2.76 bits per heavy atom. The Morgan fingerprint density at radius 1 is 1.65 bits per heavy atom. The summed E-state index contributed by atoms with van der Waals surface area (Å²) in [6.07, 6.45) is 0.383. The van der Waals surface area contributed by atoms with Crippen molar-refractivity contribution >= 4 is 11.5 Å². The van der Waals surface area contributed by atoms with Crippen LogP contribution in [0.3, 0.4) is 0 Å². The van der Waals surface area contributed by atoms with Crippen molar-refractivity contribution in [3.63, 3.8) is 0 Å². The lowest BCUT2D eigenvalue weighted by Gasteiger charge is -2.24. The number of rotatable bonds is 4. The molecule has 1 atom stereocenters. The quantitative estimate of drug-likeness (QED) is 0.588. The lowest BCUT2D eigenvalue weighted by atomic mass is 10.2. The van der Waals surface area contributed by atoms with Gasteiger partial charge < -0.3 is 4.90 Å². The van der Waals surface area contributed by atoms with Gasteiger partial charge in [0.1, 0.15) is 11.5 Å². The molecular weight excluding hydrogens is 220 g/mol. The Kier molecular flexibility index (Phi) is 3.99. The molecule has 0 aliphatic carbocycles. The van der Waals surface area contributed by atoms with E-state index >= 15 is 0 Å². The first-order chi connectivity index (χ1) is 7.97. The third-order valence-corrected chi connectivity index (χ3v) is 2.65. The molecule has 6 nitrogen and oxygen atoms in total. The van der Waals surface area contributed by atoms with Gasteiger partial charge in [-0.15, -0.1) is 0 Å². The van der Waals surface area contributed by atoms with E-state index in [9.17, 15) is 10.1 Å². The molecule has 1 aromatic rings. The van der Waals surface area contributed by atoms with Crippen LogP contribution in [-0.4, -0.2) is 23.0 Å². The van der Waals surface area contributed by atoms with Crippen molar-refractivity contribution in [2.75, 3.05) is 11.9 Å². The van der Waals surface area contributed by atoms with Crippen molar-refractivity contribution in [3.05, 3.63) is 27.9 Å². The highest BCUT2D eigenvalue weighted by atomic mass is 16.6. The van der Waals surface area contributed by atoms with E-state index in [1.54, 1.807) is 13.0 Å². The predicted octanol–water partition coefficient (Wildman–Crippen LogP) is 2.04. The normalized spacial score (nSPS) is 11.6. The maximum absolute atomic E-state index is 10.6. The lowest BCUT2D eigenvalue weighted by Crippen LogP contribution is -2.29. The molecule has 0 amide bonds. The Hall–Kier alpha value is -2.16. The van der Waals surface area contributed by atoms with Gasteiger partial charge in [0, 0.05) is 19.2 Å². The highest BCUT2D eigenvalue weighted by Crippen LogP contribution is 2.21. The van der Waals surface area contributed by atoms with E-state index in [0.717, 1.165) is 0 Å². The molecule has 90 valence electrons. The minimum Gasteiger partial charge on any atom is -0.356 e. The SMILES string of the molecule is Cc1nc(N(C)C(C)CC#N)ccc1[N+](=O)[O-]. The molecule has 0 bridgehead atoms. The van der Waals surface area contributed by atoms with Crippen molar-refractivity contribution in [3.8, 4) is 6.07 Å². The molecule has 0 radical (unpaired) electrons.